The van der Waals surface area contributed by atoms with Crippen LogP contribution < -0.4 is 10.2 Å². The highest BCUT2D eigenvalue weighted by molar-refractivity contribution is 7.99. The number of fused-ring (bicyclic) bond motifs is 1. The number of aliphatic hydroxyl groups is 1. The molecule has 13 heteroatoms. The molecular weight excluding hydrogens is 561 g/mol. The second kappa shape index (κ2) is 11.8. The fourth-order valence-corrected chi connectivity index (χ4v) is 7.21. The highest BCUT2D eigenvalue weighted by Crippen LogP contribution is 2.45. The Hall–Kier alpha value is -2.45. The Morgan fingerprint density at radius 2 is 1.95 bits per heavy atom. The predicted molar refractivity (Wildman–Crippen MR) is 151 cm³/mol. The number of ether oxygens (including phenoxy) is 1. The highest BCUT2D eigenvalue weighted by Gasteiger charge is 2.36. The second-order valence-corrected chi connectivity index (χ2v) is 12.4. The number of alkyl halides is 3. The fourth-order valence-electron chi connectivity index (χ4n) is 4.99. The third-order valence-corrected chi connectivity index (χ3v) is 9.56. The van der Waals surface area contributed by atoms with E-state index in [1.54, 1.807) is 17.8 Å². The van der Waals surface area contributed by atoms with E-state index < -0.39 is 11.7 Å². The first-order valence-electron chi connectivity index (χ1n) is 13.5. The maximum absolute atomic E-state index is 14.0. The lowest BCUT2D eigenvalue weighted by Crippen LogP contribution is -2.47. The number of nitrogens with one attached hydrogen (secondary N) is 1. The minimum Gasteiger partial charge on any atom is -0.396 e. The number of hydrogen-bond acceptors (Lipinski definition) is 10. The van der Waals surface area contributed by atoms with E-state index in [2.05, 4.69) is 25.1 Å². The number of nitrogens with zero attached hydrogens (tertiary/aromatic N) is 5. The minimum absolute atomic E-state index is 0.115. The van der Waals surface area contributed by atoms with E-state index in [4.69, 9.17) is 14.8 Å². The summed E-state index contributed by atoms with van der Waals surface area (Å²) in [5, 5.41) is 12.3. The van der Waals surface area contributed by atoms with Crippen molar-refractivity contribution in [3.8, 4) is 10.6 Å². The zero-order valence-electron chi connectivity index (χ0n) is 21.9. The van der Waals surface area contributed by atoms with Gasteiger partial charge in [-0.3, -0.25) is 4.90 Å². The van der Waals surface area contributed by atoms with Gasteiger partial charge in [0.05, 0.1) is 35.2 Å². The van der Waals surface area contributed by atoms with Crippen LogP contribution in [0.2, 0.25) is 0 Å². The lowest BCUT2D eigenvalue weighted by molar-refractivity contribution is -0.137. The number of hydrogen-bond donors (Lipinski definition) is 2. The van der Waals surface area contributed by atoms with Gasteiger partial charge in [-0.15, -0.1) is 23.1 Å². The van der Waals surface area contributed by atoms with Gasteiger partial charge in [-0.2, -0.15) is 13.2 Å². The van der Waals surface area contributed by atoms with E-state index in [1.165, 1.54) is 11.3 Å². The Kier molecular flexibility index (Phi) is 8.18. The van der Waals surface area contributed by atoms with Crippen molar-refractivity contribution in [1.29, 1.82) is 0 Å². The lowest BCUT2D eigenvalue weighted by Gasteiger charge is -2.35. The number of aliphatic hydroxyl groups excluding tert-OH is 1. The number of thioether (sulfide) groups is 1. The first kappa shape index (κ1) is 27.7. The normalized spacial score (nSPS) is 18.4. The summed E-state index contributed by atoms with van der Waals surface area (Å²) in [6.45, 7) is 5.65. The molecule has 1 saturated heterocycles. The molecule has 6 rings (SSSR count). The molecule has 0 bridgehead atoms. The molecule has 214 valence electrons. The van der Waals surface area contributed by atoms with Gasteiger partial charge in [-0.25, -0.2) is 15.0 Å². The molecule has 0 atom stereocenters. The molecular formula is C27H31F3N6O2S2. The molecule has 3 aromatic heterocycles. The third kappa shape index (κ3) is 6.23. The van der Waals surface area contributed by atoms with Crippen LogP contribution in [0.3, 0.4) is 0 Å². The van der Waals surface area contributed by atoms with E-state index in [9.17, 15) is 13.2 Å². The van der Waals surface area contributed by atoms with Gasteiger partial charge in [0.1, 0.15) is 11.4 Å². The molecule has 8 nitrogen and oxygen atoms in total. The van der Waals surface area contributed by atoms with Gasteiger partial charge in [-0.05, 0) is 37.5 Å². The van der Waals surface area contributed by atoms with Crippen LogP contribution in [0.5, 0.6) is 0 Å². The van der Waals surface area contributed by atoms with E-state index in [-0.39, 0.29) is 18.2 Å². The second-order valence-electron chi connectivity index (χ2n) is 10.2. The number of rotatable bonds is 8. The van der Waals surface area contributed by atoms with Gasteiger partial charge in [0, 0.05) is 67.0 Å². The van der Waals surface area contributed by atoms with Crippen molar-refractivity contribution in [1.82, 2.24) is 19.9 Å². The van der Waals surface area contributed by atoms with Crippen LogP contribution in [0.4, 0.5) is 30.6 Å². The van der Waals surface area contributed by atoms with Gasteiger partial charge in [0.2, 0.25) is 5.95 Å². The van der Waals surface area contributed by atoms with Crippen LogP contribution in [-0.4, -0.2) is 76.6 Å². The number of anilines is 3. The smallest absolute Gasteiger partial charge is 0.396 e. The SMILES string of the molecule is OCCCN1CCN(c2ccc(Nc3ncc(C(F)(F)F)c(-c4cc5c(s4)COCCS5)n3)c(C3CC3)n2)CC1. The zero-order chi connectivity index (χ0) is 27.7. The van der Waals surface area contributed by atoms with Crippen molar-refractivity contribution >= 4 is 40.6 Å². The van der Waals surface area contributed by atoms with Crippen LogP contribution in [-0.2, 0) is 17.5 Å². The molecule has 0 radical (unpaired) electrons. The summed E-state index contributed by atoms with van der Waals surface area (Å²) >= 11 is 2.88. The number of aromatic nitrogens is 3. The van der Waals surface area contributed by atoms with Gasteiger partial charge >= 0.3 is 6.18 Å². The standard InChI is InChI=1S/C27H31F3N6O2S2/c28-27(29,30)18-15-31-26(34-25(18)21-14-20-22(40-21)16-38-12-13-39-20)32-19-4-5-23(33-24(19)17-2-3-17)36-9-7-35(8-10-36)6-1-11-37/h4-5,14-15,17,37H,1-3,6-13,16H2,(H,31,32,34). The monoisotopic (exact) mass is 592 g/mol. The summed E-state index contributed by atoms with van der Waals surface area (Å²) in [5.41, 5.74) is 0.654. The summed E-state index contributed by atoms with van der Waals surface area (Å²) in [6.07, 6.45) is -0.878. The largest absolute Gasteiger partial charge is 0.420 e. The number of pyridine rings is 1. The van der Waals surface area contributed by atoms with Crippen molar-refractivity contribution in [3.05, 3.63) is 40.5 Å². The quantitative estimate of drug-likeness (QED) is 0.359. The lowest BCUT2D eigenvalue weighted by atomic mass is 10.2. The number of thiophene rings is 1. The zero-order valence-corrected chi connectivity index (χ0v) is 23.5. The van der Waals surface area contributed by atoms with Crippen molar-refractivity contribution in [2.24, 2.45) is 0 Å². The van der Waals surface area contributed by atoms with Crippen LogP contribution in [0.1, 0.15) is 41.3 Å². The number of halogens is 3. The molecule has 2 aliphatic heterocycles. The summed E-state index contributed by atoms with van der Waals surface area (Å²) in [5.74, 6) is 2.10. The first-order chi connectivity index (χ1) is 19.4. The molecule has 3 aromatic rings. The average Bonchev–Trinajstić information content (AvgIpc) is 3.76. The van der Waals surface area contributed by atoms with Crippen LogP contribution in [0.15, 0.2) is 29.3 Å². The van der Waals surface area contributed by atoms with Crippen LogP contribution in [0.25, 0.3) is 10.6 Å². The predicted octanol–water partition coefficient (Wildman–Crippen LogP) is 5.37. The molecule has 1 saturated carbocycles. The Balaban J connectivity index is 1.26. The molecule has 1 aliphatic carbocycles. The topological polar surface area (TPSA) is 86.6 Å². The van der Waals surface area contributed by atoms with E-state index >= 15 is 0 Å². The fraction of sp³-hybridized carbons (Fsp3) is 0.519. The summed E-state index contributed by atoms with van der Waals surface area (Å²) < 4.78 is 47.5. The van der Waals surface area contributed by atoms with Crippen molar-refractivity contribution in [3.63, 3.8) is 0 Å². The molecule has 2 fully saturated rings. The Morgan fingerprint density at radius 1 is 1.12 bits per heavy atom. The summed E-state index contributed by atoms with van der Waals surface area (Å²) in [6, 6.07) is 5.68. The molecule has 0 unspecified atom stereocenters. The summed E-state index contributed by atoms with van der Waals surface area (Å²) in [4.78, 5) is 20.4. The van der Waals surface area contributed by atoms with Crippen molar-refractivity contribution < 1.29 is 23.0 Å². The molecule has 2 N–H and O–H groups in total. The molecule has 0 aromatic carbocycles. The molecule has 3 aliphatic rings. The van der Waals surface area contributed by atoms with E-state index in [1.807, 2.05) is 12.1 Å². The Bertz CT molecular complexity index is 1320. The maximum atomic E-state index is 14.0. The molecule has 40 heavy (non-hydrogen) atoms. The van der Waals surface area contributed by atoms with Crippen LogP contribution in [0, 0.1) is 0 Å². The third-order valence-electron chi connectivity index (χ3n) is 7.27. The maximum Gasteiger partial charge on any atom is 0.420 e. The minimum atomic E-state index is -4.58. The van der Waals surface area contributed by atoms with E-state index in [0.717, 1.165) is 90.9 Å². The van der Waals surface area contributed by atoms with Gasteiger partial charge in [0.25, 0.3) is 0 Å². The average molecular weight is 593 g/mol. The van der Waals surface area contributed by atoms with Gasteiger partial charge < -0.3 is 20.1 Å². The summed E-state index contributed by atoms with van der Waals surface area (Å²) in [7, 11) is 0. The van der Waals surface area contributed by atoms with Crippen LogP contribution >= 0.6 is 23.1 Å². The molecule has 0 spiro atoms. The Labute approximate surface area is 239 Å². The molecule has 0 amide bonds. The first-order valence-corrected chi connectivity index (χ1v) is 15.3. The molecule has 5 heterocycles. The number of piperazine rings is 1. The van der Waals surface area contributed by atoms with Crippen molar-refractivity contribution in [2.45, 2.75) is 42.9 Å². The van der Waals surface area contributed by atoms with Crippen molar-refractivity contribution in [2.75, 3.05) is 61.9 Å². The van der Waals surface area contributed by atoms with Gasteiger partial charge in [0.15, 0.2) is 0 Å². The Morgan fingerprint density at radius 3 is 2.70 bits per heavy atom. The highest BCUT2D eigenvalue weighted by atomic mass is 32.2. The van der Waals surface area contributed by atoms with E-state index in [0.29, 0.717) is 24.0 Å². The van der Waals surface area contributed by atoms with Gasteiger partial charge in [-0.1, -0.05) is 0 Å².